The molecule has 1 aromatic rings. The zero-order valence-electron chi connectivity index (χ0n) is 8.25. The zero-order chi connectivity index (χ0) is 10.3. The highest BCUT2D eigenvalue weighted by molar-refractivity contribution is 5.43. The van der Waals surface area contributed by atoms with E-state index in [4.69, 9.17) is 9.47 Å². The third kappa shape index (κ3) is 1.33. The first-order valence-corrected chi connectivity index (χ1v) is 5.06. The molecule has 15 heavy (non-hydrogen) atoms. The fraction of sp³-hybridized carbons (Fsp3) is 0.455. The van der Waals surface area contributed by atoms with Gasteiger partial charge in [0.2, 0.25) is 0 Å². The number of rotatable bonds is 0. The lowest BCUT2D eigenvalue weighted by atomic mass is 9.92. The first kappa shape index (κ1) is 9.12. The van der Waals surface area contributed by atoms with Gasteiger partial charge >= 0.3 is 0 Å². The van der Waals surface area contributed by atoms with Crippen molar-refractivity contribution in [3.05, 3.63) is 29.6 Å². The van der Waals surface area contributed by atoms with E-state index in [0.29, 0.717) is 19.0 Å². The van der Waals surface area contributed by atoms with Crippen LogP contribution < -0.4 is 10.1 Å². The van der Waals surface area contributed by atoms with Crippen molar-refractivity contribution in [2.75, 3.05) is 26.4 Å². The number of benzene rings is 1. The van der Waals surface area contributed by atoms with Gasteiger partial charge in [-0.25, -0.2) is 4.39 Å². The maximum Gasteiger partial charge on any atom is 0.127 e. The molecule has 2 heterocycles. The van der Waals surface area contributed by atoms with Crippen molar-refractivity contribution in [2.45, 2.75) is 5.54 Å². The molecule has 2 aliphatic rings. The summed E-state index contributed by atoms with van der Waals surface area (Å²) in [7, 11) is 0. The number of nitrogens with one attached hydrogen (secondary N) is 1. The molecule has 0 amide bonds. The quantitative estimate of drug-likeness (QED) is 0.692. The van der Waals surface area contributed by atoms with Gasteiger partial charge in [0.25, 0.3) is 0 Å². The first-order chi connectivity index (χ1) is 7.30. The minimum atomic E-state index is -0.263. The van der Waals surface area contributed by atoms with Crippen LogP contribution in [-0.4, -0.2) is 26.4 Å². The standard InChI is InChI=1S/C11H12FNO2/c12-8-1-2-9-10(5-8)15-7-11(9)6-14-4-3-13-11/h1-2,5,13H,3-4,6-7H2/t11-/m0/s1. The molecule has 3 nitrogen and oxygen atoms in total. The summed E-state index contributed by atoms with van der Waals surface area (Å²) >= 11 is 0. The number of hydrogen-bond donors (Lipinski definition) is 1. The van der Waals surface area contributed by atoms with E-state index in [0.717, 1.165) is 18.7 Å². The van der Waals surface area contributed by atoms with Gasteiger partial charge in [0.15, 0.2) is 0 Å². The zero-order valence-corrected chi connectivity index (χ0v) is 8.25. The minimum Gasteiger partial charge on any atom is -0.491 e. The smallest absolute Gasteiger partial charge is 0.127 e. The number of hydrogen-bond acceptors (Lipinski definition) is 3. The van der Waals surface area contributed by atoms with Gasteiger partial charge in [-0.2, -0.15) is 0 Å². The molecule has 0 bridgehead atoms. The molecular formula is C11H12FNO2. The predicted octanol–water partition coefficient (Wildman–Crippen LogP) is 1.03. The molecule has 0 radical (unpaired) electrons. The largest absolute Gasteiger partial charge is 0.491 e. The molecule has 0 saturated carbocycles. The summed E-state index contributed by atoms with van der Waals surface area (Å²) in [5.41, 5.74) is 0.741. The Morgan fingerprint density at radius 1 is 1.33 bits per heavy atom. The summed E-state index contributed by atoms with van der Waals surface area (Å²) in [5, 5.41) is 3.40. The summed E-state index contributed by atoms with van der Waals surface area (Å²) in [6, 6.07) is 4.67. The molecule has 1 aromatic carbocycles. The Labute approximate surface area is 87.2 Å². The van der Waals surface area contributed by atoms with Gasteiger partial charge in [0.1, 0.15) is 23.7 Å². The van der Waals surface area contributed by atoms with Crippen molar-refractivity contribution >= 4 is 0 Å². The van der Waals surface area contributed by atoms with E-state index in [1.807, 2.05) is 0 Å². The van der Waals surface area contributed by atoms with Crippen LogP contribution in [0.3, 0.4) is 0 Å². The molecule has 1 fully saturated rings. The molecule has 1 spiro atoms. The highest BCUT2D eigenvalue weighted by Crippen LogP contribution is 2.38. The van der Waals surface area contributed by atoms with Crippen LogP contribution in [0.5, 0.6) is 5.75 Å². The number of ether oxygens (including phenoxy) is 2. The lowest BCUT2D eigenvalue weighted by Crippen LogP contribution is -2.52. The van der Waals surface area contributed by atoms with Crippen molar-refractivity contribution in [3.63, 3.8) is 0 Å². The van der Waals surface area contributed by atoms with Crippen LogP contribution in [0.2, 0.25) is 0 Å². The molecule has 1 saturated heterocycles. The van der Waals surface area contributed by atoms with E-state index in [1.54, 1.807) is 6.07 Å². The topological polar surface area (TPSA) is 30.5 Å². The number of morpholine rings is 1. The van der Waals surface area contributed by atoms with Crippen LogP contribution in [0.4, 0.5) is 4.39 Å². The lowest BCUT2D eigenvalue weighted by Gasteiger charge is -2.33. The van der Waals surface area contributed by atoms with E-state index in [1.165, 1.54) is 12.1 Å². The second kappa shape index (κ2) is 3.18. The minimum absolute atomic E-state index is 0.262. The van der Waals surface area contributed by atoms with Crippen LogP contribution in [-0.2, 0) is 10.3 Å². The summed E-state index contributed by atoms with van der Waals surface area (Å²) in [6.45, 7) is 2.63. The molecule has 80 valence electrons. The Balaban J connectivity index is 2.03. The van der Waals surface area contributed by atoms with E-state index >= 15 is 0 Å². The van der Waals surface area contributed by atoms with Crippen LogP contribution in [0, 0.1) is 5.82 Å². The number of fused-ring (bicyclic) bond motifs is 2. The maximum absolute atomic E-state index is 13.0. The van der Waals surface area contributed by atoms with E-state index in [9.17, 15) is 4.39 Å². The highest BCUT2D eigenvalue weighted by Gasteiger charge is 2.42. The Morgan fingerprint density at radius 2 is 2.27 bits per heavy atom. The van der Waals surface area contributed by atoms with Gasteiger partial charge < -0.3 is 14.8 Å². The average Bonchev–Trinajstić information content (AvgIpc) is 2.58. The lowest BCUT2D eigenvalue weighted by molar-refractivity contribution is 0.0160. The van der Waals surface area contributed by atoms with Crippen molar-refractivity contribution < 1.29 is 13.9 Å². The van der Waals surface area contributed by atoms with Crippen molar-refractivity contribution in [1.82, 2.24) is 5.32 Å². The third-order valence-corrected chi connectivity index (χ3v) is 2.99. The Morgan fingerprint density at radius 3 is 3.07 bits per heavy atom. The fourth-order valence-corrected chi connectivity index (χ4v) is 2.22. The van der Waals surface area contributed by atoms with Crippen molar-refractivity contribution in [3.8, 4) is 5.75 Å². The summed E-state index contributed by atoms with van der Waals surface area (Å²) in [5.74, 6) is 0.371. The summed E-state index contributed by atoms with van der Waals surface area (Å²) in [4.78, 5) is 0. The molecular weight excluding hydrogens is 197 g/mol. The van der Waals surface area contributed by atoms with E-state index in [-0.39, 0.29) is 11.4 Å². The number of halogens is 1. The molecule has 4 heteroatoms. The Kier molecular flexibility index (Phi) is 1.94. The summed E-state index contributed by atoms with van der Waals surface area (Å²) < 4.78 is 23.9. The van der Waals surface area contributed by atoms with Gasteiger partial charge in [-0.15, -0.1) is 0 Å². The van der Waals surface area contributed by atoms with E-state index in [2.05, 4.69) is 5.32 Å². The van der Waals surface area contributed by atoms with Crippen LogP contribution in [0.1, 0.15) is 5.56 Å². The maximum atomic E-state index is 13.0. The third-order valence-electron chi connectivity index (χ3n) is 2.99. The fourth-order valence-electron chi connectivity index (χ4n) is 2.22. The van der Waals surface area contributed by atoms with E-state index < -0.39 is 0 Å². The van der Waals surface area contributed by atoms with Gasteiger partial charge in [-0.3, -0.25) is 0 Å². The first-order valence-electron chi connectivity index (χ1n) is 5.06. The highest BCUT2D eigenvalue weighted by atomic mass is 19.1. The van der Waals surface area contributed by atoms with Gasteiger partial charge in [-0.1, -0.05) is 6.07 Å². The predicted molar refractivity (Wildman–Crippen MR) is 52.4 cm³/mol. The molecule has 2 aliphatic heterocycles. The van der Waals surface area contributed by atoms with Crippen LogP contribution in [0.25, 0.3) is 0 Å². The van der Waals surface area contributed by atoms with Gasteiger partial charge in [-0.05, 0) is 6.07 Å². The molecule has 3 rings (SSSR count). The normalized spacial score (nSPS) is 28.9. The molecule has 1 N–H and O–H groups in total. The molecule has 1 atom stereocenters. The van der Waals surface area contributed by atoms with Gasteiger partial charge in [0.05, 0.1) is 13.2 Å². The Bertz CT molecular complexity index is 388. The van der Waals surface area contributed by atoms with Gasteiger partial charge in [0, 0.05) is 18.2 Å². The SMILES string of the molecule is Fc1ccc2c(c1)OC[C@@]21COCCN1. The second-order valence-corrected chi connectivity index (χ2v) is 3.99. The molecule has 0 aromatic heterocycles. The van der Waals surface area contributed by atoms with Crippen LogP contribution >= 0.6 is 0 Å². The van der Waals surface area contributed by atoms with Crippen LogP contribution in [0.15, 0.2) is 18.2 Å². The Hall–Kier alpha value is -1.13. The monoisotopic (exact) mass is 209 g/mol. The molecule has 0 aliphatic carbocycles. The summed E-state index contributed by atoms with van der Waals surface area (Å²) in [6.07, 6.45) is 0. The molecule has 0 unspecified atom stereocenters. The second-order valence-electron chi connectivity index (χ2n) is 3.99. The van der Waals surface area contributed by atoms with Crippen molar-refractivity contribution in [1.29, 1.82) is 0 Å². The van der Waals surface area contributed by atoms with Crippen molar-refractivity contribution in [2.24, 2.45) is 0 Å². The average molecular weight is 209 g/mol.